The van der Waals surface area contributed by atoms with Gasteiger partial charge in [0.25, 0.3) is 0 Å². The molecule has 21 heavy (non-hydrogen) atoms. The van der Waals surface area contributed by atoms with Crippen molar-refractivity contribution >= 4 is 0 Å². The monoisotopic (exact) mass is 294 g/mol. The number of ether oxygens (including phenoxy) is 3. The molecule has 1 aromatic carbocycles. The molecule has 1 aliphatic rings. The van der Waals surface area contributed by atoms with Gasteiger partial charge in [-0.3, -0.25) is 0 Å². The highest BCUT2D eigenvalue weighted by Crippen LogP contribution is 2.34. The van der Waals surface area contributed by atoms with Crippen LogP contribution in [0.3, 0.4) is 0 Å². The highest BCUT2D eigenvalue weighted by molar-refractivity contribution is 5.50. The standard InChI is InChI=1S/C16H26N2O3/c1-19-14-9-16(21-3)15(20-2)8-11(14)10-18-13-6-4-12(17)5-7-13/h8-9,12-13,18H,4-7,10,17H2,1-3H3. The van der Waals surface area contributed by atoms with E-state index in [-0.39, 0.29) is 0 Å². The summed E-state index contributed by atoms with van der Waals surface area (Å²) in [5.74, 6) is 2.22. The van der Waals surface area contributed by atoms with Gasteiger partial charge < -0.3 is 25.3 Å². The Balaban J connectivity index is 2.04. The summed E-state index contributed by atoms with van der Waals surface area (Å²) < 4.78 is 16.1. The van der Waals surface area contributed by atoms with Crippen molar-refractivity contribution in [3.8, 4) is 17.2 Å². The molecule has 5 heteroatoms. The van der Waals surface area contributed by atoms with Crippen LogP contribution in [0.2, 0.25) is 0 Å². The van der Waals surface area contributed by atoms with Crippen LogP contribution in [0.5, 0.6) is 17.2 Å². The molecular formula is C16H26N2O3. The summed E-state index contributed by atoms with van der Waals surface area (Å²) in [5, 5.41) is 3.59. The molecule has 3 N–H and O–H groups in total. The lowest BCUT2D eigenvalue weighted by Gasteiger charge is -2.27. The normalized spacial score (nSPS) is 21.9. The summed E-state index contributed by atoms with van der Waals surface area (Å²) in [7, 11) is 4.94. The summed E-state index contributed by atoms with van der Waals surface area (Å²) in [4.78, 5) is 0. The summed E-state index contributed by atoms with van der Waals surface area (Å²) in [6, 6.07) is 4.74. The second kappa shape index (κ2) is 7.52. The first kappa shape index (κ1) is 15.9. The van der Waals surface area contributed by atoms with E-state index in [1.54, 1.807) is 21.3 Å². The first-order valence-corrected chi connectivity index (χ1v) is 7.45. The van der Waals surface area contributed by atoms with Crippen LogP contribution in [-0.2, 0) is 6.54 Å². The van der Waals surface area contributed by atoms with Crippen molar-refractivity contribution in [2.45, 2.75) is 44.3 Å². The molecule has 118 valence electrons. The zero-order valence-corrected chi connectivity index (χ0v) is 13.1. The molecule has 0 bridgehead atoms. The molecule has 1 fully saturated rings. The van der Waals surface area contributed by atoms with E-state index in [1.807, 2.05) is 12.1 Å². The minimum atomic E-state index is 0.374. The molecular weight excluding hydrogens is 268 g/mol. The Morgan fingerprint density at radius 2 is 1.52 bits per heavy atom. The van der Waals surface area contributed by atoms with Crippen molar-refractivity contribution < 1.29 is 14.2 Å². The Kier molecular flexibility index (Phi) is 5.70. The summed E-state index contributed by atoms with van der Waals surface area (Å²) in [5.41, 5.74) is 7.02. The lowest BCUT2D eigenvalue weighted by Crippen LogP contribution is -2.37. The van der Waals surface area contributed by atoms with E-state index in [2.05, 4.69) is 5.32 Å². The van der Waals surface area contributed by atoms with Gasteiger partial charge >= 0.3 is 0 Å². The van der Waals surface area contributed by atoms with Gasteiger partial charge in [0, 0.05) is 30.3 Å². The third kappa shape index (κ3) is 4.02. The molecule has 0 heterocycles. The minimum absolute atomic E-state index is 0.374. The molecule has 0 unspecified atom stereocenters. The number of benzene rings is 1. The molecule has 0 aromatic heterocycles. The number of hydrogen-bond acceptors (Lipinski definition) is 5. The number of nitrogens with two attached hydrogens (primary N) is 1. The van der Waals surface area contributed by atoms with Crippen LogP contribution < -0.4 is 25.3 Å². The number of methoxy groups -OCH3 is 3. The average molecular weight is 294 g/mol. The smallest absolute Gasteiger partial charge is 0.164 e. The van der Waals surface area contributed by atoms with E-state index in [9.17, 15) is 0 Å². The Morgan fingerprint density at radius 3 is 2.10 bits per heavy atom. The molecule has 0 aliphatic heterocycles. The summed E-state index contributed by atoms with van der Waals surface area (Å²) in [6.45, 7) is 0.753. The first-order chi connectivity index (χ1) is 10.2. The molecule has 5 nitrogen and oxygen atoms in total. The van der Waals surface area contributed by atoms with Gasteiger partial charge in [0.2, 0.25) is 0 Å². The third-order valence-corrected chi connectivity index (χ3v) is 4.14. The molecule has 0 radical (unpaired) electrons. The molecule has 0 atom stereocenters. The van der Waals surface area contributed by atoms with Crippen LogP contribution >= 0.6 is 0 Å². The molecule has 0 saturated heterocycles. The minimum Gasteiger partial charge on any atom is -0.496 e. The third-order valence-electron chi connectivity index (χ3n) is 4.14. The van der Waals surface area contributed by atoms with Crippen molar-refractivity contribution in [2.75, 3.05) is 21.3 Å². The van der Waals surface area contributed by atoms with E-state index < -0.39 is 0 Å². The second-order valence-electron chi connectivity index (χ2n) is 5.51. The fourth-order valence-electron chi connectivity index (χ4n) is 2.81. The predicted molar refractivity (Wildman–Crippen MR) is 83.2 cm³/mol. The predicted octanol–water partition coefficient (Wildman–Crippen LogP) is 2.07. The van der Waals surface area contributed by atoms with Crippen molar-refractivity contribution in [1.82, 2.24) is 5.32 Å². The zero-order valence-electron chi connectivity index (χ0n) is 13.1. The maximum absolute atomic E-state index is 5.94. The maximum atomic E-state index is 5.94. The van der Waals surface area contributed by atoms with E-state index in [1.165, 1.54) is 0 Å². The zero-order chi connectivity index (χ0) is 15.2. The Labute approximate surface area is 126 Å². The van der Waals surface area contributed by atoms with Crippen LogP contribution in [-0.4, -0.2) is 33.4 Å². The maximum Gasteiger partial charge on any atom is 0.164 e. The number of nitrogens with one attached hydrogen (secondary N) is 1. The van der Waals surface area contributed by atoms with Gasteiger partial charge in [-0.1, -0.05) is 0 Å². The first-order valence-electron chi connectivity index (χ1n) is 7.45. The number of hydrogen-bond donors (Lipinski definition) is 2. The van der Waals surface area contributed by atoms with Gasteiger partial charge in [-0.15, -0.1) is 0 Å². The molecule has 1 saturated carbocycles. The van der Waals surface area contributed by atoms with Gasteiger partial charge in [-0.2, -0.15) is 0 Å². The summed E-state index contributed by atoms with van der Waals surface area (Å²) >= 11 is 0. The largest absolute Gasteiger partial charge is 0.496 e. The van der Waals surface area contributed by atoms with Crippen LogP contribution in [0.1, 0.15) is 31.2 Å². The van der Waals surface area contributed by atoms with Crippen molar-refractivity contribution in [3.05, 3.63) is 17.7 Å². The highest BCUT2D eigenvalue weighted by Gasteiger charge is 2.19. The van der Waals surface area contributed by atoms with Crippen LogP contribution in [0, 0.1) is 0 Å². The summed E-state index contributed by atoms with van der Waals surface area (Å²) in [6.07, 6.45) is 4.47. The van der Waals surface area contributed by atoms with E-state index in [4.69, 9.17) is 19.9 Å². The van der Waals surface area contributed by atoms with Crippen LogP contribution in [0.15, 0.2) is 12.1 Å². The van der Waals surface area contributed by atoms with E-state index in [0.29, 0.717) is 17.8 Å². The second-order valence-corrected chi connectivity index (χ2v) is 5.51. The molecule has 0 amide bonds. The lowest BCUT2D eigenvalue weighted by atomic mass is 9.92. The van der Waals surface area contributed by atoms with Gasteiger partial charge in [0.05, 0.1) is 21.3 Å². The molecule has 1 aliphatic carbocycles. The molecule has 1 aromatic rings. The fourth-order valence-corrected chi connectivity index (χ4v) is 2.81. The topological polar surface area (TPSA) is 65.7 Å². The van der Waals surface area contributed by atoms with Gasteiger partial charge in [0.15, 0.2) is 11.5 Å². The van der Waals surface area contributed by atoms with Crippen molar-refractivity contribution in [2.24, 2.45) is 5.73 Å². The lowest BCUT2D eigenvalue weighted by molar-refractivity contribution is 0.333. The van der Waals surface area contributed by atoms with Crippen molar-refractivity contribution in [1.29, 1.82) is 0 Å². The SMILES string of the molecule is COc1cc(OC)c(OC)cc1CNC1CCC(N)CC1. The number of rotatable bonds is 6. The van der Waals surface area contributed by atoms with Crippen LogP contribution in [0.4, 0.5) is 0 Å². The van der Waals surface area contributed by atoms with Gasteiger partial charge in [0.1, 0.15) is 5.75 Å². The fraction of sp³-hybridized carbons (Fsp3) is 0.625. The van der Waals surface area contributed by atoms with Crippen LogP contribution in [0.25, 0.3) is 0 Å². The van der Waals surface area contributed by atoms with Crippen molar-refractivity contribution in [3.63, 3.8) is 0 Å². The highest BCUT2D eigenvalue weighted by atomic mass is 16.5. The molecule has 0 spiro atoms. The average Bonchev–Trinajstić information content (AvgIpc) is 2.53. The Bertz CT molecular complexity index is 457. The van der Waals surface area contributed by atoms with Gasteiger partial charge in [-0.25, -0.2) is 0 Å². The Morgan fingerprint density at radius 1 is 0.952 bits per heavy atom. The molecule has 2 rings (SSSR count). The van der Waals surface area contributed by atoms with E-state index in [0.717, 1.165) is 49.3 Å². The Hall–Kier alpha value is -1.46. The van der Waals surface area contributed by atoms with Gasteiger partial charge in [-0.05, 0) is 31.7 Å². The quantitative estimate of drug-likeness (QED) is 0.841. The van der Waals surface area contributed by atoms with E-state index >= 15 is 0 Å².